The first kappa shape index (κ1) is 16.0. The molecule has 1 N–H and O–H groups in total. The maximum atomic E-state index is 12.1. The quantitative estimate of drug-likeness (QED) is 0.841. The minimum Gasteiger partial charge on any atom is -0.326 e. The third kappa shape index (κ3) is 4.54. The highest BCUT2D eigenvalue weighted by Crippen LogP contribution is 2.30. The first-order valence-corrected chi connectivity index (χ1v) is 7.26. The van der Waals surface area contributed by atoms with E-state index in [0.717, 1.165) is 34.7 Å². The molecule has 0 aromatic heterocycles. The van der Waals surface area contributed by atoms with E-state index in [1.807, 2.05) is 12.1 Å². The van der Waals surface area contributed by atoms with Crippen LogP contribution in [0.5, 0.6) is 0 Å². The van der Waals surface area contributed by atoms with Crippen LogP contribution in [0.2, 0.25) is 5.02 Å². The monoisotopic (exact) mass is 281 g/mol. The predicted octanol–water partition coefficient (Wildman–Crippen LogP) is 4.84. The van der Waals surface area contributed by atoms with Crippen molar-refractivity contribution < 1.29 is 4.79 Å². The topological polar surface area (TPSA) is 29.1 Å². The molecule has 0 bridgehead atoms. The molecule has 0 saturated heterocycles. The maximum Gasteiger partial charge on any atom is 0.224 e. The summed E-state index contributed by atoms with van der Waals surface area (Å²) < 4.78 is 0. The summed E-state index contributed by atoms with van der Waals surface area (Å²) in [7, 11) is 0. The molecule has 2 nitrogen and oxygen atoms in total. The van der Waals surface area contributed by atoms with Crippen molar-refractivity contribution in [2.24, 2.45) is 5.41 Å². The van der Waals surface area contributed by atoms with Gasteiger partial charge in [0.2, 0.25) is 5.91 Å². The highest BCUT2D eigenvalue weighted by atomic mass is 35.5. The summed E-state index contributed by atoms with van der Waals surface area (Å²) >= 11 is 6.22. The van der Waals surface area contributed by atoms with Crippen molar-refractivity contribution >= 4 is 23.2 Å². The summed E-state index contributed by atoms with van der Waals surface area (Å²) in [6, 6.07) is 3.91. The second-order valence-corrected chi connectivity index (χ2v) is 6.46. The largest absolute Gasteiger partial charge is 0.326 e. The lowest BCUT2D eigenvalue weighted by Gasteiger charge is -2.20. The van der Waals surface area contributed by atoms with Gasteiger partial charge in [-0.1, -0.05) is 52.3 Å². The van der Waals surface area contributed by atoms with Crippen molar-refractivity contribution in [2.75, 3.05) is 5.32 Å². The number of hydrogen-bond acceptors (Lipinski definition) is 1. The molecule has 0 aliphatic carbocycles. The fourth-order valence-corrected chi connectivity index (χ4v) is 2.42. The van der Waals surface area contributed by atoms with Crippen LogP contribution in [0.1, 0.15) is 52.2 Å². The lowest BCUT2D eigenvalue weighted by Crippen LogP contribution is -2.21. The van der Waals surface area contributed by atoms with Crippen LogP contribution in [0.15, 0.2) is 12.1 Å². The summed E-state index contributed by atoms with van der Waals surface area (Å²) in [6.07, 6.45) is 2.21. The molecule has 0 fully saturated rings. The molecular weight excluding hydrogens is 258 g/mol. The van der Waals surface area contributed by atoms with Gasteiger partial charge in [0.05, 0.1) is 0 Å². The predicted molar refractivity (Wildman–Crippen MR) is 82.9 cm³/mol. The number of anilines is 1. The van der Waals surface area contributed by atoms with E-state index >= 15 is 0 Å². The van der Waals surface area contributed by atoms with Gasteiger partial charge in [-0.25, -0.2) is 0 Å². The van der Waals surface area contributed by atoms with Crippen molar-refractivity contribution in [1.29, 1.82) is 0 Å². The van der Waals surface area contributed by atoms with Crippen LogP contribution < -0.4 is 5.32 Å². The average molecular weight is 282 g/mol. The number of rotatable bonds is 4. The molecule has 0 unspecified atom stereocenters. The van der Waals surface area contributed by atoms with Crippen LogP contribution in [0.3, 0.4) is 0 Å². The zero-order chi connectivity index (χ0) is 14.6. The first-order valence-electron chi connectivity index (χ1n) is 6.88. The van der Waals surface area contributed by atoms with Crippen molar-refractivity contribution in [2.45, 2.75) is 53.9 Å². The first-order chi connectivity index (χ1) is 8.78. The highest BCUT2D eigenvalue weighted by molar-refractivity contribution is 6.32. The summed E-state index contributed by atoms with van der Waals surface area (Å²) in [5.74, 6) is 0.0548. The van der Waals surface area contributed by atoms with Gasteiger partial charge >= 0.3 is 0 Å². The molecule has 1 rings (SSSR count). The number of halogens is 1. The van der Waals surface area contributed by atoms with E-state index in [1.54, 1.807) is 0 Å². The standard InChI is InChI=1S/C16H24ClNO/c1-6-11-8-9-13(17)12(7-2)15(11)18-14(19)10-16(3,4)5/h8-9H,6-7,10H2,1-5H3,(H,18,19). The van der Waals surface area contributed by atoms with Gasteiger partial charge in [-0.3, -0.25) is 4.79 Å². The molecule has 0 spiro atoms. The van der Waals surface area contributed by atoms with Gasteiger partial charge in [0.25, 0.3) is 0 Å². The molecule has 0 aliphatic rings. The molecule has 1 aromatic rings. The van der Waals surface area contributed by atoms with E-state index in [4.69, 9.17) is 11.6 Å². The molecule has 3 heteroatoms. The second kappa shape index (κ2) is 6.42. The van der Waals surface area contributed by atoms with Crippen molar-refractivity contribution in [1.82, 2.24) is 0 Å². The molecule has 0 heterocycles. The number of benzene rings is 1. The van der Waals surface area contributed by atoms with E-state index in [2.05, 4.69) is 39.9 Å². The fraction of sp³-hybridized carbons (Fsp3) is 0.562. The average Bonchev–Trinajstić information content (AvgIpc) is 2.27. The Labute approximate surface area is 121 Å². The van der Waals surface area contributed by atoms with E-state index < -0.39 is 0 Å². The number of carbonyl (C=O) groups is 1. The minimum atomic E-state index is -0.0125. The van der Waals surface area contributed by atoms with Crippen LogP contribution in [0.4, 0.5) is 5.69 Å². The van der Waals surface area contributed by atoms with Gasteiger partial charge in [0.1, 0.15) is 0 Å². The molecule has 106 valence electrons. The lowest BCUT2D eigenvalue weighted by molar-refractivity contribution is -0.117. The van der Waals surface area contributed by atoms with Crippen LogP contribution in [0, 0.1) is 5.41 Å². The van der Waals surface area contributed by atoms with Gasteiger partial charge in [-0.05, 0) is 35.4 Å². The molecule has 0 aliphatic heterocycles. The van der Waals surface area contributed by atoms with Crippen LogP contribution in [0.25, 0.3) is 0 Å². The minimum absolute atomic E-state index is 0.0125. The van der Waals surface area contributed by atoms with Crippen molar-refractivity contribution in [3.63, 3.8) is 0 Å². The zero-order valence-electron chi connectivity index (χ0n) is 12.6. The van der Waals surface area contributed by atoms with E-state index in [-0.39, 0.29) is 11.3 Å². The normalized spacial score (nSPS) is 11.5. The molecular formula is C16H24ClNO. The van der Waals surface area contributed by atoms with Crippen LogP contribution >= 0.6 is 11.6 Å². The number of hydrogen-bond donors (Lipinski definition) is 1. The second-order valence-electron chi connectivity index (χ2n) is 6.05. The summed E-state index contributed by atoms with van der Waals surface area (Å²) in [5, 5.41) is 3.78. The number of amides is 1. The molecule has 0 radical (unpaired) electrons. The number of nitrogens with one attached hydrogen (secondary N) is 1. The Morgan fingerprint density at radius 1 is 1.21 bits per heavy atom. The molecule has 19 heavy (non-hydrogen) atoms. The third-order valence-electron chi connectivity index (χ3n) is 3.03. The zero-order valence-corrected chi connectivity index (χ0v) is 13.3. The van der Waals surface area contributed by atoms with Gasteiger partial charge in [0.15, 0.2) is 0 Å². The summed E-state index contributed by atoms with van der Waals surface area (Å²) in [4.78, 5) is 12.1. The van der Waals surface area contributed by atoms with E-state index in [0.29, 0.717) is 6.42 Å². The number of aryl methyl sites for hydroxylation is 1. The summed E-state index contributed by atoms with van der Waals surface area (Å²) in [5.41, 5.74) is 3.07. The number of carbonyl (C=O) groups excluding carboxylic acids is 1. The molecule has 0 atom stereocenters. The Morgan fingerprint density at radius 2 is 1.84 bits per heavy atom. The molecule has 1 aromatic carbocycles. The van der Waals surface area contributed by atoms with Crippen molar-refractivity contribution in [3.8, 4) is 0 Å². The van der Waals surface area contributed by atoms with E-state index in [9.17, 15) is 4.79 Å². The fourth-order valence-electron chi connectivity index (χ4n) is 2.13. The van der Waals surface area contributed by atoms with Gasteiger partial charge < -0.3 is 5.32 Å². The third-order valence-corrected chi connectivity index (χ3v) is 3.39. The highest BCUT2D eigenvalue weighted by Gasteiger charge is 2.18. The van der Waals surface area contributed by atoms with Crippen molar-refractivity contribution in [3.05, 3.63) is 28.3 Å². The Balaban J connectivity index is 3.05. The lowest BCUT2D eigenvalue weighted by atomic mass is 9.91. The summed E-state index contributed by atoms with van der Waals surface area (Å²) in [6.45, 7) is 10.3. The van der Waals surface area contributed by atoms with Gasteiger partial charge in [-0.15, -0.1) is 0 Å². The van der Waals surface area contributed by atoms with Crippen LogP contribution in [-0.4, -0.2) is 5.91 Å². The van der Waals surface area contributed by atoms with Gasteiger partial charge in [0, 0.05) is 17.1 Å². The molecule has 1 amide bonds. The smallest absolute Gasteiger partial charge is 0.224 e. The SMILES string of the molecule is CCc1ccc(Cl)c(CC)c1NC(=O)CC(C)(C)C. The Hall–Kier alpha value is -1.02. The Kier molecular flexibility index (Phi) is 5.42. The Bertz CT molecular complexity index is 461. The van der Waals surface area contributed by atoms with Gasteiger partial charge in [-0.2, -0.15) is 0 Å². The van der Waals surface area contributed by atoms with E-state index in [1.165, 1.54) is 0 Å². The Morgan fingerprint density at radius 3 is 2.32 bits per heavy atom. The molecule has 0 saturated carbocycles. The van der Waals surface area contributed by atoms with Crippen LogP contribution in [-0.2, 0) is 17.6 Å². The maximum absolute atomic E-state index is 12.1.